The Morgan fingerprint density at radius 3 is 2.23 bits per heavy atom. The molecule has 0 aliphatic rings. The highest BCUT2D eigenvalue weighted by atomic mass is 32.2. The van der Waals surface area contributed by atoms with Crippen molar-refractivity contribution in [2.45, 2.75) is 24.0 Å². The van der Waals surface area contributed by atoms with E-state index in [2.05, 4.69) is 16.0 Å². The molecular formula is C32H27FN4O5S. The molecule has 0 heterocycles. The van der Waals surface area contributed by atoms with Gasteiger partial charge in [-0.2, -0.15) is 0 Å². The summed E-state index contributed by atoms with van der Waals surface area (Å²) in [6.45, 7) is 3.46. The number of halogens is 1. The maximum atomic E-state index is 13.4. The van der Waals surface area contributed by atoms with Gasteiger partial charge in [0.05, 0.1) is 15.9 Å². The molecule has 0 bridgehead atoms. The molecule has 218 valence electrons. The SMILES string of the molecule is Cc1ccc([N+](=O)[O-])cc1NC(=O)C(C)Sc1ccc(NC(=O)/C(=C/c2ccc(F)cc2)NC(=O)c2ccccc2)cc1. The molecule has 0 spiro atoms. The molecule has 0 saturated heterocycles. The van der Waals surface area contributed by atoms with Crippen molar-refractivity contribution in [2.24, 2.45) is 0 Å². The lowest BCUT2D eigenvalue weighted by Crippen LogP contribution is -2.30. The molecule has 4 rings (SSSR count). The molecular weight excluding hydrogens is 571 g/mol. The summed E-state index contributed by atoms with van der Waals surface area (Å²) in [5.41, 5.74) is 2.23. The number of nitro groups is 1. The molecule has 1 unspecified atom stereocenters. The van der Waals surface area contributed by atoms with Crippen molar-refractivity contribution in [3.05, 3.63) is 135 Å². The molecule has 43 heavy (non-hydrogen) atoms. The number of hydrogen-bond acceptors (Lipinski definition) is 6. The van der Waals surface area contributed by atoms with E-state index in [9.17, 15) is 28.9 Å². The molecule has 0 aliphatic carbocycles. The van der Waals surface area contributed by atoms with Gasteiger partial charge in [-0.15, -0.1) is 11.8 Å². The third-order valence-electron chi connectivity index (χ3n) is 6.19. The minimum absolute atomic E-state index is 0.0411. The number of carbonyl (C=O) groups excluding carboxylic acids is 3. The zero-order valence-electron chi connectivity index (χ0n) is 23.2. The Morgan fingerprint density at radius 1 is 0.907 bits per heavy atom. The van der Waals surface area contributed by atoms with Crippen LogP contribution in [0, 0.1) is 22.9 Å². The number of benzene rings is 4. The molecule has 0 fully saturated rings. The predicted octanol–water partition coefficient (Wildman–Crippen LogP) is 6.57. The molecule has 1 atom stereocenters. The number of amides is 3. The van der Waals surface area contributed by atoms with E-state index in [1.54, 1.807) is 74.5 Å². The molecule has 3 N–H and O–H groups in total. The second-order valence-corrected chi connectivity index (χ2v) is 10.8. The summed E-state index contributed by atoms with van der Waals surface area (Å²) >= 11 is 1.27. The Kier molecular flexibility index (Phi) is 10.0. The van der Waals surface area contributed by atoms with Gasteiger partial charge in [-0.3, -0.25) is 24.5 Å². The second kappa shape index (κ2) is 14.1. The van der Waals surface area contributed by atoms with Crippen LogP contribution in [0.4, 0.5) is 21.5 Å². The van der Waals surface area contributed by atoms with Gasteiger partial charge >= 0.3 is 0 Å². The number of aryl methyl sites for hydroxylation is 1. The van der Waals surface area contributed by atoms with Gasteiger partial charge < -0.3 is 16.0 Å². The van der Waals surface area contributed by atoms with E-state index < -0.39 is 27.8 Å². The number of nitrogens with zero attached hydrogens (tertiary/aromatic N) is 1. The topological polar surface area (TPSA) is 130 Å². The van der Waals surface area contributed by atoms with Gasteiger partial charge in [0.2, 0.25) is 5.91 Å². The number of anilines is 2. The molecule has 0 radical (unpaired) electrons. The average molecular weight is 599 g/mol. The van der Waals surface area contributed by atoms with Gasteiger partial charge in [-0.1, -0.05) is 36.4 Å². The van der Waals surface area contributed by atoms with Crippen molar-refractivity contribution >= 4 is 52.6 Å². The van der Waals surface area contributed by atoms with Crippen molar-refractivity contribution in [1.29, 1.82) is 0 Å². The molecule has 4 aromatic carbocycles. The first-order valence-electron chi connectivity index (χ1n) is 13.1. The average Bonchev–Trinajstić information content (AvgIpc) is 3.00. The van der Waals surface area contributed by atoms with Crippen molar-refractivity contribution in [3.8, 4) is 0 Å². The summed E-state index contributed by atoms with van der Waals surface area (Å²) in [6.07, 6.45) is 1.45. The van der Waals surface area contributed by atoms with E-state index in [4.69, 9.17) is 0 Å². The number of non-ortho nitro benzene ring substituents is 1. The van der Waals surface area contributed by atoms with Gasteiger partial charge in [0.1, 0.15) is 11.5 Å². The Balaban J connectivity index is 1.43. The maximum Gasteiger partial charge on any atom is 0.272 e. The number of thioether (sulfide) groups is 1. The maximum absolute atomic E-state index is 13.4. The van der Waals surface area contributed by atoms with Gasteiger partial charge in [-0.05, 0) is 79.6 Å². The van der Waals surface area contributed by atoms with Crippen LogP contribution in [0.15, 0.2) is 108 Å². The summed E-state index contributed by atoms with van der Waals surface area (Å²) in [4.78, 5) is 50.1. The lowest BCUT2D eigenvalue weighted by Gasteiger charge is -2.14. The van der Waals surface area contributed by atoms with Crippen LogP contribution in [0.3, 0.4) is 0 Å². The van der Waals surface area contributed by atoms with Crippen molar-refractivity contribution < 1.29 is 23.7 Å². The number of nitrogens with one attached hydrogen (secondary N) is 3. The quantitative estimate of drug-likeness (QED) is 0.0819. The van der Waals surface area contributed by atoms with Crippen LogP contribution in [0.1, 0.15) is 28.4 Å². The largest absolute Gasteiger partial charge is 0.325 e. The Hall–Kier alpha value is -5.29. The first kappa shape index (κ1) is 30.7. The molecule has 11 heteroatoms. The molecule has 0 aliphatic heterocycles. The second-order valence-electron chi connectivity index (χ2n) is 9.41. The van der Waals surface area contributed by atoms with Gasteiger partial charge in [0, 0.05) is 28.3 Å². The van der Waals surface area contributed by atoms with Crippen LogP contribution in [-0.4, -0.2) is 27.9 Å². The molecule has 9 nitrogen and oxygen atoms in total. The van der Waals surface area contributed by atoms with Crippen LogP contribution in [-0.2, 0) is 9.59 Å². The normalized spacial score (nSPS) is 11.7. The van der Waals surface area contributed by atoms with E-state index in [1.165, 1.54) is 54.2 Å². The highest BCUT2D eigenvalue weighted by Crippen LogP contribution is 2.27. The first-order valence-corrected chi connectivity index (χ1v) is 13.9. The van der Waals surface area contributed by atoms with E-state index in [-0.39, 0.29) is 17.3 Å². The summed E-state index contributed by atoms with van der Waals surface area (Å²) < 4.78 is 13.4. The lowest BCUT2D eigenvalue weighted by molar-refractivity contribution is -0.384. The monoisotopic (exact) mass is 598 g/mol. The van der Waals surface area contributed by atoms with Crippen LogP contribution in [0.2, 0.25) is 0 Å². The minimum atomic E-state index is -0.589. The summed E-state index contributed by atoms with van der Waals surface area (Å²) in [7, 11) is 0. The van der Waals surface area contributed by atoms with E-state index in [1.807, 2.05) is 0 Å². The van der Waals surface area contributed by atoms with Crippen molar-refractivity contribution in [2.75, 3.05) is 10.6 Å². The number of carbonyl (C=O) groups is 3. The van der Waals surface area contributed by atoms with E-state index >= 15 is 0 Å². The van der Waals surface area contributed by atoms with Gasteiger partial charge in [0.25, 0.3) is 17.5 Å². The highest BCUT2D eigenvalue weighted by Gasteiger charge is 2.18. The third-order valence-corrected chi connectivity index (χ3v) is 7.31. The minimum Gasteiger partial charge on any atom is -0.325 e. The molecule has 0 aromatic heterocycles. The number of nitro benzene ring substituents is 1. The van der Waals surface area contributed by atoms with Gasteiger partial charge in [0.15, 0.2) is 0 Å². The molecule has 4 aromatic rings. The lowest BCUT2D eigenvalue weighted by atomic mass is 10.1. The summed E-state index contributed by atoms with van der Waals surface area (Å²) in [5, 5.41) is 18.7. The predicted molar refractivity (Wildman–Crippen MR) is 165 cm³/mol. The fraction of sp³-hybridized carbons (Fsp3) is 0.0938. The van der Waals surface area contributed by atoms with Crippen molar-refractivity contribution in [1.82, 2.24) is 5.32 Å². The van der Waals surface area contributed by atoms with Gasteiger partial charge in [-0.25, -0.2) is 4.39 Å². The van der Waals surface area contributed by atoms with E-state index in [0.717, 1.165) is 4.90 Å². The van der Waals surface area contributed by atoms with Crippen molar-refractivity contribution in [3.63, 3.8) is 0 Å². The fourth-order valence-electron chi connectivity index (χ4n) is 3.83. The zero-order valence-corrected chi connectivity index (χ0v) is 24.0. The zero-order chi connectivity index (χ0) is 30.9. The van der Waals surface area contributed by atoms with Crippen LogP contribution in [0.5, 0.6) is 0 Å². The highest BCUT2D eigenvalue weighted by molar-refractivity contribution is 8.00. The summed E-state index contributed by atoms with van der Waals surface area (Å²) in [5.74, 6) is -1.83. The standard InChI is InChI=1S/C32H27FN4O5S/c1-20-8-15-26(37(41)42)19-28(20)35-30(38)21(2)43-27-16-13-25(14-17-27)34-32(40)29(18-22-9-11-24(33)12-10-22)36-31(39)23-6-4-3-5-7-23/h3-19,21H,1-2H3,(H,34,40)(H,35,38)(H,36,39)/b29-18-. The molecule has 0 saturated carbocycles. The van der Waals surface area contributed by atoms with Crippen LogP contribution in [0.25, 0.3) is 6.08 Å². The Bertz CT molecular complexity index is 1680. The Morgan fingerprint density at radius 2 is 1.58 bits per heavy atom. The summed E-state index contributed by atoms with van der Waals surface area (Å²) in [6, 6.07) is 24.9. The van der Waals surface area contributed by atoms with Crippen LogP contribution >= 0.6 is 11.8 Å². The van der Waals surface area contributed by atoms with Crippen LogP contribution < -0.4 is 16.0 Å². The third kappa shape index (κ3) is 8.60. The first-order chi connectivity index (χ1) is 20.6. The smallest absolute Gasteiger partial charge is 0.272 e. The molecule has 3 amide bonds. The fourth-order valence-corrected chi connectivity index (χ4v) is 4.70. The number of hydrogen-bond donors (Lipinski definition) is 3. The van der Waals surface area contributed by atoms with E-state index in [0.29, 0.717) is 28.1 Å². The number of rotatable bonds is 10. The Labute approximate surface area is 251 Å².